The van der Waals surface area contributed by atoms with Crippen LogP contribution >= 0.6 is 0 Å². The number of carboxylic acid groups (broad SMARTS) is 1. The van der Waals surface area contributed by atoms with E-state index in [1.54, 1.807) is 0 Å². The number of aliphatic hydroxyl groups is 5. The highest BCUT2D eigenvalue weighted by Gasteiger charge is 2.51. The number of rotatable bonds is 8. The SMILES string of the molecule is O=C(O)C1=C(O)[C@H](O)[C@@H](O)[C@H](O[C@H]2[C@H](O)[C@@H](NS(=O)(=O)O)C(O)O[C@@H]2COS(=O)(=O)O)O1. The Hall–Kier alpha value is -1.69. The van der Waals surface area contributed by atoms with Crippen molar-refractivity contribution in [2.24, 2.45) is 0 Å². The van der Waals surface area contributed by atoms with Crippen molar-refractivity contribution < 1.29 is 79.8 Å². The van der Waals surface area contributed by atoms with Crippen LogP contribution in [0, 0.1) is 0 Å². The van der Waals surface area contributed by atoms with Gasteiger partial charge in [-0.05, 0) is 0 Å². The first-order valence-electron chi connectivity index (χ1n) is 8.24. The molecule has 0 aliphatic carbocycles. The molecule has 0 aromatic heterocycles. The van der Waals surface area contributed by atoms with Crippen molar-refractivity contribution in [2.45, 2.75) is 49.1 Å². The smallest absolute Gasteiger partial charge is 0.397 e. The van der Waals surface area contributed by atoms with Crippen molar-refractivity contribution in [1.29, 1.82) is 0 Å². The van der Waals surface area contributed by atoms with Gasteiger partial charge in [-0.1, -0.05) is 0 Å². The quantitative estimate of drug-likeness (QED) is 0.137. The predicted octanol–water partition coefficient (Wildman–Crippen LogP) is -5.04. The fourth-order valence-electron chi connectivity index (χ4n) is 2.80. The van der Waals surface area contributed by atoms with Gasteiger partial charge in [0.05, 0.1) is 6.61 Å². The molecule has 0 aromatic carbocycles. The lowest BCUT2D eigenvalue weighted by Gasteiger charge is -2.44. The van der Waals surface area contributed by atoms with Gasteiger partial charge in [-0.2, -0.15) is 21.6 Å². The Morgan fingerprint density at radius 2 is 1.66 bits per heavy atom. The summed E-state index contributed by atoms with van der Waals surface area (Å²) in [7, 11) is -10.2. The molecule has 1 saturated heterocycles. The van der Waals surface area contributed by atoms with Gasteiger partial charge in [0.15, 0.2) is 12.0 Å². The fraction of sp³-hybridized carbons (Fsp3) is 0.750. The minimum absolute atomic E-state index is 1.17. The predicted molar refractivity (Wildman–Crippen MR) is 91.9 cm³/mol. The normalized spacial score (nSPS) is 36.6. The summed E-state index contributed by atoms with van der Waals surface area (Å²) in [5.41, 5.74) is 0. The van der Waals surface area contributed by atoms with Crippen LogP contribution in [0.5, 0.6) is 0 Å². The molecule has 1 fully saturated rings. The molecule has 2 aliphatic rings. The standard InChI is InChI=1S/C12H19NO17S2/c14-4-3(13-31(21,22)23)11(20)28-2(1-27-32(24,25)26)8(4)29-12-7(17)5(15)6(16)9(30-12)10(18)19/h2-5,7-8,11-17,20H,1H2,(H,18,19)(H,21,22,23)(H,24,25,26)/t2-,3-,4-,5+,7-,8-,11?,12-/m1/s1. The van der Waals surface area contributed by atoms with Gasteiger partial charge in [0, 0.05) is 0 Å². The van der Waals surface area contributed by atoms with Crippen LogP contribution < -0.4 is 4.72 Å². The van der Waals surface area contributed by atoms with E-state index in [-0.39, 0.29) is 0 Å². The molecule has 2 rings (SSSR count). The molecule has 0 amide bonds. The number of ether oxygens (including phenoxy) is 3. The third kappa shape index (κ3) is 6.43. The Morgan fingerprint density at radius 1 is 1.06 bits per heavy atom. The molecule has 0 spiro atoms. The monoisotopic (exact) mass is 513 g/mol. The second-order valence-electron chi connectivity index (χ2n) is 6.43. The highest BCUT2D eigenvalue weighted by Crippen LogP contribution is 2.30. The molecular formula is C12H19NO17S2. The van der Waals surface area contributed by atoms with E-state index in [0.717, 1.165) is 0 Å². The van der Waals surface area contributed by atoms with Crippen LogP contribution in [-0.4, -0.2) is 118 Å². The Bertz CT molecular complexity index is 945. The lowest BCUT2D eigenvalue weighted by atomic mass is 9.97. The van der Waals surface area contributed by atoms with E-state index in [1.807, 2.05) is 0 Å². The Balaban J connectivity index is 2.35. The average molecular weight is 513 g/mol. The number of nitrogens with one attached hydrogen (secondary N) is 1. The molecule has 8 atom stereocenters. The zero-order chi connectivity index (χ0) is 24.6. The number of aliphatic hydroxyl groups excluding tert-OH is 5. The van der Waals surface area contributed by atoms with Crippen molar-refractivity contribution in [1.82, 2.24) is 4.72 Å². The first-order valence-corrected chi connectivity index (χ1v) is 11.0. The molecule has 2 heterocycles. The second-order valence-corrected chi connectivity index (χ2v) is 8.71. The first-order chi connectivity index (χ1) is 14.5. The maximum atomic E-state index is 11.1. The van der Waals surface area contributed by atoms with Crippen LogP contribution in [0.4, 0.5) is 0 Å². The number of carboxylic acids is 1. The molecule has 0 bridgehead atoms. The number of hydrogen-bond donors (Lipinski definition) is 9. The number of aliphatic carboxylic acids is 1. The van der Waals surface area contributed by atoms with Gasteiger partial charge in [0.25, 0.3) is 0 Å². The summed E-state index contributed by atoms with van der Waals surface area (Å²) in [5, 5.41) is 58.7. The molecule has 20 heteroatoms. The third-order valence-electron chi connectivity index (χ3n) is 4.19. The number of carbonyl (C=O) groups is 1. The van der Waals surface area contributed by atoms with Crippen molar-refractivity contribution in [3.8, 4) is 0 Å². The van der Waals surface area contributed by atoms with Gasteiger partial charge in [-0.15, -0.1) is 0 Å². The highest BCUT2D eigenvalue weighted by molar-refractivity contribution is 7.83. The van der Waals surface area contributed by atoms with Crippen LogP contribution in [-0.2, 0) is 43.9 Å². The molecule has 18 nitrogen and oxygen atoms in total. The van der Waals surface area contributed by atoms with Crippen LogP contribution in [0.3, 0.4) is 0 Å². The van der Waals surface area contributed by atoms with E-state index in [1.165, 1.54) is 4.72 Å². The molecule has 186 valence electrons. The summed E-state index contributed by atoms with van der Waals surface area (Å²) in [5.74, 6) is -4.45. The van der Waals surface area contributed by atoms with Crippen LogP contribution in [0.25, 0.3) is 0 Å². The third-order valence-corrected chi connectivity index (χ3v) is 5.20. The highest BCUT2D eigenvalue weighted by atomic mass is 32.3. The first kappa shape index (κ1) is 26.6. The van der Waals surface area contributed by atoms with E-state index in [0.29, 0.717) is 0 Å². The summed E-state index contributed by atoms with van der Waals surface area (Å²) in [6.07, 6.45) is -15.0. The van der Waals surface area contributed by atoms with Crippen LogP contribution in [0.1, 0.15) is 0 Å². The maximum absolute atomic E-state index is 11.1. The fourth-order valence-corrected chi connectivity index (χ4v) is 3.71. The Morgan fingerprint density at radius 3 is 2.16 bits per heavy atom. The molecule has 1 unspecified atom stereocenters. The lowest BCUT2D eigenvalue weighted by molar-refractivity contribution is -0.307. The minimum Gasteiger partial charge on any atom is -0.506 e. The molecular weight excluding hydrogens is 494 g/mol. The van der Waals surface area contributed by atoms with Crippen molar-refractivity contribution in [3.63, 3.8) is 0 Å². The molecule has 32 heavy (non-hydrogen) atoms. The summed E-state index contributed by atoms with van der Waals surface area (Å²) in [6, 6.07) is -2.06. The summed E-state index contributed by atoms with van der Waals surface area (Å²) in [4.78, 5) is 11.1. The van der Waals surface area contributed by atoms with Gasteiger partial charge in [-0.25, -0.2) is 8.98 Å². The zero-order valence-electron chi connectivity index (χ0n) is 15.4. The Kier molecular flexibility index (Phi) is 8.02. The van der Waals surface area contributed by atoms with Gasteiger partial charge in [0.2, 0.25) is 12.0 Å². The van der Waals surface area contributed by atoms with Gasteiger partial charge < -0.3 is 44.8 Å². The Labute approximate surface area is 179 Å². The van der Waals surface area contributed by atoms with Gasteiger partial charge in [0.1, 0.15) is 36.6 Å². The summed E-state index contributed by atoms with van der Waals surface area (Å²) >= 11 is 0. The second kappa shape index (κ2) is 9.66. The maximum Gasteiger partial charge on any atom is 0.397 e. The van der Waals surface area contributed by atoms with Crippen LogP contribution in [0.2, 0.25) is 0 Å². The van der Waals surface area contributed by atoms with Crippen LogP contribution in [0.15, 0.2) is 11.5 Å². The van der Waals surface area contributed by atoms with Crippen molar-refractivity contribution >= 4 is 26.7 Å². The number of hydrogen-bond acceptors (Lipinski definition) is 14. The van der Waals surface area contributed by atoms with E-state index in [9.17, 15) is 47.2 Å². The van der Waals surface area contributed by atoms with Crippen molar-refractivity contribution in [3.05, 3.63) is 11.5 Å². The minimum atomic E-state index is -5.09. The zero-order valence-corrected chi connectivity index (χ0v) is 17.0. The van der Waals surface area contributed by atoms with Gasteiger partial charge >= 0.3 is 26.7 Å². The lowest BCUT2D eigenvalue weighted by Crippen LogP contribution is -2.66. The molecule has 0 aromatic rings. The van der Waals surface area contributed by atoms with E-state index in [2.05, 4.69) is 4.18 Å². The average Bonchev–Trinajstić information content (AvgIpc) is 2.64. The molecule has 0 saturated carbocycles. The summed E-state index contributed by atoms with van der Waals surface area (Å²) in [6.45, 7) is -1.17. The van der Waals surface area contributed by atoms with E-state index in [4.69, 9.17) is 28.4 Å². The van der Waals surface area contributed by atoms with Gasteiger partial charge in [-0.3, -0.25) is 9.11 Å². The van der Waals surface area contributed by atoms with E-state index >= 15 is 0 Å². The molecule has 9 N–H and O–H groups in total. The molecule has 2 aliphatic heterocycles. The topological polar surface area (TPSA) is 296 Å². The van der Waals surface area contributed by atoms with Crippen molar-refractivity contribution in [2.75, 3.05) is 6.61 Å². The summed E-state index contributed by atoms with van der Waals surface area (Å²) < 4.78 is 81.6. The molecule has 0 radical (unpaired) electrons. The van der Waals surface area contributed by atoms with E-state index < -0.39 is 93.9 Å². The largest absolute Gasteiger partial charge is 0.506 e.